The Morgan fingerprint density at radius 1 is 1.25 bits per heavy atom. The van der Waals surface area contributed by atoms with Crippen LogP contribution in [0.3, 0.4) is 0 Å². The first kappa shape index (κ1) is 17.7. The van der Waals surface area contributed by atoms with Crippen molar-refractivity contribution in [1.82, 2.24) is 5.32 Å². The van der Waals surface area contributed by atoms with Crippen molar-refractivity contribution in [3.63, 3.8) is 0 Å². The molecule has 2 rings (SSSR count). The quantitative estimate of drug-likeness (QED) is 0.823. The van der Waals surface area contributed by atoms with Gasteiger partial charge in [0.2, 0.25) is 0 Å². The zero-order chi connectivity index (χ0) is 17.9. The Bertz CT molecular complexity index is 882. The van der Waals surface area contributed by atoms with Crippen LogP contribution in [0.25, 0.3) is 0 Å². The predicted molar refractivity (Wildman–Crippen MR) is 85.7 cm³/mol. The third-order valence-electron chi connectivity index (χ3n) is 3.46. The van der Waals surface area contributed by atoms with Gasteiger partial charge in [-0.15, -0.1) is 0 Å². The fourth-order valence-electron chi connectivity index (χ4n) is 2.11. The number of sulfone groups is 1. The molecule has 8 heteroatoms. The SMILES string of the molecule is CCS(=O)(=O)c1cccc(C(=O)NCc2cc(C(=O)O)c(C)o2)c1. The summed E-state index contributed by atoms with van der Waals surface area (Å²) < 4.78 is 29.0. The molecule has 0 atom stereocenters. The van der Waals surface area contributed by atoms with E-state index in [1.54, 1.807) is 0 Å². The lowest BCUT2D eigenvalue weighted by molar-refractivity contribution is 0.0694. The predicted octanol–water partition coefficient (Wildman–Crippen LogP) is 2.01. The summed E-state index contributed by atoms with van der Waals surface area (Å²) in [7, 11) is -3.40. The van der Waals surface area contributed by atoms with Gasteiger partial charge in [0.25, 0.3) is 5.91 Å². The van der Waals surface area contributed by atoms with Crippen LogP contribution in [0.2, 0.25) is 0 Å². The zero-order valence-electron chi connectivity index (χ0n) is 13.2. The van der Waals surface area contributed by atoms with Gasteiger partial charge in [0, 0.05) is 5.56 Å². The maximum atomic E-state index is 12.1. The molecule has 1 heterocycles. The molecular weight excluding hydrogens is 334 g/mol. The summed E-state index contributed by atoms with van der Waals surface area (Å²) in [5.41, 5.74) is 0.238. The molecule has 0 saturated heterocycles. The van der Waals surface area contributed by atoms with Crippen molar-refractivity contribution in [1.29, 1.82) is 0 Å². The minimum atomic E-state index is -3.40. The standard InChI is InChI=1S/C16H17NO6S/c1-3-24(21,22)13-6-4-5-11(7-13)15(18)17-9-12-8-14(16(19)20)10(2)23-12/h4-8H,3,9H2,1-2H3,(H,17,18)(H,19,20). The molecule has 24 heavy (non-hydrogen) atoms. The lowest BCUT2D eigenvalue weighted by Gasteiger charge is -2.06. The van der Waals surface area contributed by atoms with E-state index >= 15 is 0 Å². The van der Waals surface area contributed by atoms with Crippen molar-refractivity contribution < 1.29 is 27.5 Å². The van der Waals surface area contributed by atoms with E-state index in [-0.39, 0.29) is 34.1 Å². The number of aryl methyl sites for hydroxylation is 1. The van der Waals surface area contributed by atoms with Crippen LogP contribution in [-0.4, -0.2) is 31.2 Å². The number of aromatic carboxylic acids is 1. The van der Waals surface area contributed by atoms with Crippen LogP contribution in [0.15, 0.2) is 39.6 Å². The summed E-state index contributed by atoms with van der Waals surface area (Å²) >= 11 is 0. The molecule has 1 aromatic carbocycles. The first-order chi connectivity index (χ1) is 11.2. The van der Waals surface area contributed by atoms with Crippen molar-refractivity contribution in [2.45, 2.75) is 25.3 Å². The molecule has 0 saturated carbocycles. The van der Waals surface area contributed by atoms with Crippen LogP contribution in [0.1, 0.15) is 39.2 Å². The molecule has 0 aliphatic heterocycles. The highest BCUT2D eigenvalue weighted by Crippen LogP contribution is 2.16. The van der Waals surface area contributed by atoms with E-state index in [1.165, 1.54) is 44.2 Å². The molecule has 0 radical (unpaired) electrons. The highest BCUT2D eigenvalue weighted by atomic mass is 32.2. The Morgan fingerprint density at radius 2 is 1.96 bits per heavy atom. The maximum Gasteiger partial charge on any atom is 0.339 e. The monoisotopic (exact) mass is 351 g/mol. The number of carbonyl (C=O) groups excluding carboxylic acids is 1. The summed E-state index contributed by atoms with van der Waals surface area (Å²) in [6, 6.07) is 7.09. The number of hydrogen-bond donors (Lipinski definition) is 2. The van der Waals surface area contributed by atoms with E-state index in [0.717, 1.165) is 0 Å². The minimum absolute atomic E-state index is 0.00227. The molecule has 0 unspecified atom stereocenters. The van der Waals surface area contributed by atoms with Crippen molar-refractivity contribution in [3.8, 4) is 0 Å². The van der Waals surface area contributed by atoms with Gasteiger partial charge in [-0.3, -0.25) is 4.79 Å². The molecule has 0 spiro atoms. The second kappa shape index (κ2) is 6.88. The Labute approximate surface area is 139 Å². The van der Waals surface area contributed by atoms with Crippen LogP contribution in [0.4, 0.5) is 0 Å². The number of carbonyl (C=O) groups is 2. The highest BCUT2D eigenvalue weighted by Gasteiger charge is 2.16. The molecule has 128 valence electrons. The lowest BCUT2D eigenvalue weighted by atomic mass is 10.2. The first-order valence-electron chi connectivity index (χ1n) is 7.18. The van der Waals surface area contributed by atoms with Crippen molar-refractivity contribution in [3.05, 3.63) is 53.0 Å². The summed E-state index contributed by atoms with van der Waals surface area (Å²) in [6.45, 7) is 3.05. The van der Waals surface area contributed by atoms with E-state index in [2.05, 4.69) is 5.32 Å². The second-order valence-corrected chi connectivity index (χ2v) is 7.38. The number of furan rings is 1. The summed E-state index contributed by atoms with van der Waals surface area (Å²) in [4.78, 5) is 23.2. The fourth-order valence-corrected chi connectivity index (χ4v) is 3.04. The van der Waals surface area contributed by atoms with Crippen LogP contribution >= 0.6 is 0 Å². The van der Waals surface area contributed by atoms with Gasteiger partial charge in [-0.25, -0.2) is 13.2 Å². The van der Waals surface area contributed by atoms with Crippen LogP contribution < -0.4 is 5.32 Å². The molecule has 7 nitrogen and oxygen atoms in total. The molecule has 2 aromatic rings. The third kappa shape index (κ3) is 3.83. The Balaban J connectivity index is 2.12. The average molecular weight is 351 g/mol. The Kier molecular flexibility index (Phi) is 5.08. The van der Waals surface area contributed by atoms with Gasteiger partial charge in [0.05, 0.1) is 17.2 Å². The molecule has 0 fully saturated rings. The van der Waals surface area contributed by atoms with Crippen LogP contribution in [0, 0.1) is 6.92 Å². The maximum absolute atomic E-state index is 12.1. The van der Waals surface area contributed by atoms with Gasteiger partial charge in [-0.05, 0) is 31.2 Å². The lowest BCUT2D eigenvalue weighted by Crippen LogP contribution is -2.22. The average Bonchev–Trinajstić information content (AvgIpc) is 2.94. The molecular formula is C16H17NO6S. The summed E-state index contributed by atoms with van der Waals surface area (Å²) in [6.07, 6.45) is 0. The number of hydrogen-bond acceptors (Lipinski definition) is 5. The molecule has 2 N–H and O–H groups in total. The minimum Gasteiger partial charge on any atom is -0.478 e. The van der Waals surface area contributed by atoms with Crippen molar-refractivity contribution >= 4 is 21.7 Å². The Hall–Kier alpha value is -2.61. The first-order valence-corrected chi connectivity index (χ1v) is 8.83. The van der Waals surface area contributed by atoms with E-state index < -0.39 is 21.7 Å². The Morgan fingerprint density at radius 3 is 2.54 bits per heavy atom. The van der Waals surface area contributed by atoms with Crippen molar-refractivity contribution in [2.24, 2.45) is 0 Å². The number of amides is 1. The van der Waals surface area contributed by atoms with E-state index in [1.807, 2.05) is 0 Å². The van der Waals surface area contributed by atoms with Gasteiger partial charge >= 0.3 is 5.97 Å². The van der Waals surface area contributed by atoms with Crippen LogP contribution in [-0.2, 0) is 16.4 Å². The van der Waals surface area contributed by atoms with Gasteiger partial charge in [-0.1, -0.05) is 13.0 Å². The molecule has 0 aliphatic rings. The topological polar surface area (TPSA) is 114 Å². The number of benzene rings is 1. The van der Waals surface area contributed by atoms with E-state index in [0.29, 0.717) is 5.76 Å². The highest BCUT2D eigenvalue weighted by molar-refractivity contribution is 7.91. The number of rotatable bonds is 6. The summed E-state index contributed by atoms with van der Waals surface area (Å²) in [5, 5.41) is 11.5. The van der Waals surface area contributed by atoms with E-state index in [9.17, 15) is 18.0 Å². The normalized spacial score (nSPS) is 11.2. The largest absolute Gasteiger partial charge is 0.478 e. The third-order valence-corrected chi connectivity index (χ3v) is 5.19. The molecule has 0 bridgehead atoms. The number of carboxylic acids is 1. The zero-order valence-corrected chi connectivity index (χ0v) is 14.0. The molecule has 1 aromatic heterocycles. The second-order valence-electron chi connectivity index (χ2n) is 5.10. The van der Waals surface area contributed by atoms with Crippen LogP contribution in [0.5, 0.6) is 0 Å². The number of carboxylic acid groups (broad SMARTS) is 1. The van der Waals surface area contributed by atoms with Crippen molar-refractivity contribution in [2.75, 3.05) is 5.75 Å². The van der Waals surface area contributed by atoms with Gasteiger partial charge < -0.3 is 14.8 Å². The van der Waals surface area contributed by atoms with Gasteiger partial charge in [-0.2, -0.15) is 0 Å². The summed E-state index contributed by atoms with van der Waals surface area (Å²) in [5.74, 6) is -1.08. The fraction of sp³-hybridized carbons (Fsp3) is 0.250. The smallest absolute Gasteiger partial charge is 0.339 e. The van der Waals surface area contributed by atoms with Gasteiger partial charge in [0.1, 0.15) is 17.1 Å². The number of nitrogens with one attached hydrogen (secondary N) is 1. The van der Waals surface area contributed by atoms with Gasteiger partial charge in [0.15, 0.2) is 9.84 Å². The van der Waals surface area contributed by atoms with E-state index in [4.69, 9.17) is 9.52 Å². The molecule has 0 aliphatic carbocycles. The molecule has 1 amide bonds.